The molecule has 1 fully saturated rings. The Balaban J connectivity index is 1.23. The first kappa shape index (κ1) is 25.2. The summed E-state index contributed by atoms with van der Waals surface area (Å²) >= 11 is 0. The highest BCUT2D eigenvalue weighted by molar-refractivity contribution is 5.91. The Morgan fingerprint density at radius 2 is 1.73 bits per heavy atom. The third-order valence-corrected chi connectivity index (χ3v) is 7.06. The third kappa shape index (κ3) is 5.10. The van der Waals surface area contributed by atoms with Crippen LogP contribution in [0.15, 0.2) is 79.0 Å². The molecular weight excluding hydrogens is 502 g/mol. The van der Waals surface area contributed by atoms with Crippen LogP contribution >= 0.6 is 0 Å². The van der Waals surface area contributed by atoms with Gasteiger partial charge in [-0.1, -0.05) is 54.6 Å². The Labute approximate surface area is 231 Å². The first-order chi connectivity index (χ1) is 19.6. The summed E-state index contributed by atoms with van der Waals surface area (Å²) in [6.07, 6.45) is 2.65. The maximum atomic E-state index is 11.8. The molecule has 4 heterocycles. The molecule has 0 spiro atoms. The number of nitriles is 1. The van der Waals surface area contributed by atoms with E-state index in [4.69, 9.17) is 16.0 Å². The lowest BCUT2D eigenvalue weighted by atomic mass is 10.0. The van der Waals surface area contributed by atoms with Crippen molar-refractivity contribution in [1.29, 1.82) is 5.26 Å². The SMILES string of the molecule is N#Cc1nccc(N2CCCN(Cc3ccc(-c4nc5ccc(C(N)=O)nn5c4-c4ccccc4)cc3)CC2)n1. The molecule has 0 unspecified atom stereocenters. The van der Waals surface area contributed by atoms with Gasteiger partial charge in [-0.2, -0.15) is 10.4 Å². The van der Waals surface area contributed by atoms with Crippen LogP contribution in [0.4, 0.5) is 5.82 Å². The van der Waals surface area contributed by atoms with E-state index in [0.29, 0.717) is 5.65 Å². The summed E-state index contributed by atoms with van der Waals surface area (Å²) in [5.41, 5.74) is 11.1. The van der Waals surface area contributed by atoms with Gasteiger partial charge in [0, 0.05) is 50.0 Å². The van der Waals surface area contributed by atoms with Crippen LogP contribution in [0.3, 0.4) is 0 Å². The number of aromatic nitrogens is 5. The monoisotopic (exact) mass is 529 g/mol. The van der Waals surface area contributed by atoms with E-state index in [0.717, 1.165) is 67.5 Å². The normalized spacial score (nSPS) is 14.1. The molecule has 0 saturated carbocycles. The number of carbonyl (C=O) groups excluding carboxylic acids is 1. The number of hydrogen-bond donors (Lipinski definition) is 1. The van der Waals surface area contributed by atoms with Crippen molar-refractivity contribution in [2.45, 2.75) is 13.0 Å². The highest BCUT2D eigenvalue weighted by Gasteiger charge is 2.20. The van der Waals surface area contributed by atoms with Gasteiger partial charge in [0.1, 0.15) is 23.3 Å². The maximum Gasteiger partial charge on any atom is 0.269 e. The van der Waals surface area contributed by atoms with Crippen molar-refractivity contribution >= 4 is 17.4 Å². The van der Waals surface area contributed by atoms with Gasteiger partial charge in [0.05, 0.1) is 5.69 Å². The molecule has 1 amide bonds. The molecule has 1 aliphatic heterocycles. The second-order valence-corrected chi connectivity index (χ2v) is 9.69. The number of fused-ring (bicyclic) bond motifs is 1. The number of hydrogen-bond acceptors (Lipinski definition) is 8. The number of anilines is 1. The first-order valence-corrected chi connectivity index (χ1v) is 13.1. The fourth-order valence-corrected chi connectivity index (χ4v) is 5.08. The molecule has 1 saturated heterocycles. The minimum atomic E-state index is -0.582. The van der Waals surface area contributed by atoms with E-state index in [2.05, 4.69) is 49.1 Å². The predicted octanol–water partition coefficient (Wildman–Crippen LogP) is 3.54. The lowest BCUT2D eigenvalue weighted by Gasteiger charge is -2.22. The molecule has 10 heteroatoms. The van der Waals surface area contributed by atoms with Gasteiger partial charge in [0.25, 0.3) is 5.91 Å². The number of nitrogens with two attached hydrogens (primary N) is 1. The summed E-state index contributed by atoms with van der Waals surface area (Å²) in [6, 6.07) is 25.6. The number of benzene rings is 2. The molecule has 0 aliphatic carbocycles. The van der Waals surface area contributed by atoms with Gasteiger partial charge in [-0.3, -0.25) is 9.69 Å². The molecule has 2 aromatic carbocycles. The quantitative estimate of drug-likeness (QED) is 0.354. The summed E-state index contributed by atoms with van der Waals surface area (Å²) in [6.45, 7) is 4.43. The van der Waals surface area contributed by atoms with E-state index >= 15 is 0 Å². The molecule has 10 nitrogen and oxygen atoms in total. The Hall–Kier alpha value is -5.14. The second kappa shape index (κ2) is 10.9. The topological polar surface area (TPSA) is 129 Å². The lowest BCUT2D eigenvalue weighted by molar-refractivity contribution is 0.0994. The smallest absolute Gasteiger partial charge is 0.269 e. The van der Waals surface area contributed by atoms with E-state index in [1.54, 1.807) is 22.8 Å². The molecule has 1 aliphatic rings. The van der Waals surface area contributed by atoms with Crippen LogP contribution in [0.5, 0.6) is 0 Å². The van der Waals surface area contributed by atoms with Gasteiger partial charge in [-0.15, -0.1) is 0 Å². The zero-order valence-corrected chi connectivity index (χ0v) is 21.8. The third-order valence-electron chi connectivity index (χ3n) is 7.06. The standard InChI is InChI=1S/C30H27N9O/c31-19-25-33-14-13-26(34-25)38-16-4-15-37(17-18-38)20-21-7-9-22(10-8-21)28-29(23-5-2-1-3-6-23)39-27(35-28)12-11-24(36-39)30(32)40/h1-3,5-14H,4,15-18,20H2,(H2,32,40). The molecular formula is C30H27N9O. The number of rotatable bonds is 6. The largest absolute Gasteiger partial charge is 0.364 e. The number of imidazole rings is 1. The van der Waals surface area contributed by atoms with Crippen molar-refractivity contribution in [1.82, 2.24) is 29.5 Å². The second-order valence-electron chi connectivity index (χ2n) is 9.69. The Morgan fingerprint density at radius 3 is 2.50 bits per heavy atom. The molecule has 198 valence electrons. The molecule has 3 aromatic heterocycles. The minimum absolute atomic E-state index is 0.185. The van der Waals surface area contributed by atoms with Crippen LogP contribution in [-0.2, 0) is 6.54 Å². The maximum absolute atomic E-state index is 11.8. The van der Waals surface area contributed by atoms with E-state index < -0.39 is 5.91 Å². The van der Waals surface area contributed by atoms with Crippen LogP contribution < -0.4 is 10.6 Å². The fourth-order valence-electron chi connectivity index (χ4n) is 5.08. The average molecular weight is 530 g/mol. The number of nitrogens with zero attached hydrogens (tertiary/aromatic N) is 8. The lowest BCUT2D eigenvalue weighted by Crippen LogP contribution is -2.31. The van der Waals surface area contributed by atoms with Gasteiger partial charge in [0.15, 0.2) is 5.65 Å². The van der Waals surface area contributed by atoms with Crippen LogP contribution in [0.2, 0.25) is 0 Å². The fraction of sp³-hybridized carbons (Fsp3) is 0.200. The van der Waals surface area contributed by atoms with Crippen molar-refractivity contribution in [3.63, 3.8) is 0 Å². The van der Waals surface area contributed by atoms with Gasteiger partial charge in [0.2, 0.25) is 5.82 Å². The van der Waals surface area contributed by atoms with Crippen LogP contribution in [0.1, 0.15) is 28.3 Å². The number of carbonyl (C=O) groups is 1. The zero-order chi connectivity index (χ0) is 27.5. The summed E-state index contributed by atoms with van der Waals surface area (Å²) in [7, 11) is 0. The molecule has 40 heavy (non-hydrogen) atoms. The van der Waals surface area contributed by atoms with Crippen LogP contribution in [-0.4, -0.2) is 61.6 Å². The first-order valence-electron chi connectivity index (χ1n) is 13.1. The van der Waals surface area contributed by atoms with E-state index in [1.165, 1.54) is 5.56 Å². The number of amides is 1. The predicted molar refractivity (Wildman–Crippen MR) is 151 cm³/mol. The van der Waals surface area contributed by atoms with Crippen LogP contribution in [0, 0.1) is 11.3 Å². The Bertz CT molecular complexity index is 1710. The van der Waals surface area contributed by atoms with Crippen molar-refractivity contribution in [3.05, 3.63) is 96.1 Å². The molecule has 0 atom stereocenters. The zero-order valence-electron chi connectivity index (χ0n) is 21.8. The highest BCUT2D eigenvalue weighted by atomic mass is 16.1. The molecule has 0 radical (unpaired) electrons. The molecule has 5 aromatic rings. The van der Waals surface area contributed by atoms with Crippen molar-refractivity contribution in [2.75, 3.05) is 31.1 Å². The van der Waals surface area contributed by atoms with Gasteiger partial charge in [-0.05, 0) is 30.2 Å². The minimum Gasteiger partial charge on any atom is -0.364 e. The number of primary amides is 1. The van der Waals surface area contributed by atoms with E-state index in [9.17, 15) is 4.79 Å². The van der Waals surface area contributed by atoms with Gasteiger partial charge < -0.3 is 10.6 Å². The van der Waals surface area contributed by atoms with E-state index in [-0.39, 0.29) is 11.5 Å². The summed E-state index contributed by atoms with van der Waals surface area (Å²) in [5, 5.41) is 13.6. The summed E-state index contributed by atoms with van der Waals surface area (Å²) < 4.78 is 1.69. The Morgan fingerprint density at radius 1 is 0.900 bits per heavy atom. The molecule has 2 N–H and O–H groups in total. The highest BCUT2D eigenvalue weighted by Crippen LogP contribution is 2.32. The van der Waals surface area contributed by atoms with Crippen molar-refractivity contribution < 1.29 is 4.79 Å². The van der Waals surface area contributed by atoms with Crippen molar-refractivity contribution in [3.8, 4) is 28.6 Å². The molecule has 6 rings (SSSR count). The van der Waals surface area contributed by atoms with Gasteiger partial charge in [-0.25, -0.2) is 19.5 Å². The average Bonchev–Trinajstić information content (AvgIpc) is 3.22. The Kier molecular flexibility index (Phi) is 6.87. The molecule has 0 bridgehead atoms. The van der Waals surface area contributed by atoms with E-state index in [1.807, 2.05) is 42.5 Å². The van der Waals surface area contributed by atoms with Gasteiger partial charge >= 0.3 is 0 Å². The summed E-state index contributed by atoms with van der Waals surface area (Å²) in [4.78, 5) is 29.7. The van der Waals surface area contributed by atoms with Crippen molar-refractivity contribution in [2.24, 2.45) is 5.73 Å². The van der Waals surface area contributed by atoms with Crippen LogP contribution in [0.25, 0.3) is 28.2 Å². The summed E-state index contributed by atoms with van der Waals surface area (Å²) in [5.74, 6) is 0.418.